The predicted molar refractivity (Wildman–Crippen MR) is 201 cm³/mol. The van der Waals surface area contributed by atoms with Crippen LogP contribution >= 0.6 is 6.46 Å². The van der Waals surface area contributed by atoms with E-state index in [9.17, 15) is 0 Å². The summed E-state index contributed by atoms with van der Waals surface area (Å²) in [6, 6.07) is 43.8. The molecule has 0 nitrogen and oxygen atoms in total. The number of hydrogen-bond donors (Lipinski definition) is 0. The molecular formula is C44H39PS. The minimum absolute atomic E-state index is 0.0483. The lowest BCUT2D eigenvalue weighted by molar-refractivity contribution is 0.660. The summed E-state index contributed by atoms with van der Waals surface area (Å²) in [6.45, 7) is 7.18. The maximum absolute atomic E-state index is 7.26. The van der Waals surface area contributed by atoms with Gasteiger partial charge in [-0.15, -0.1) is 0 Å². The predicted octanol–water partition coefficient (Wildman–Crippen LogP) is 11.8. The van der Waals surface area contributed by atoms with Crippen LogP contribution in [0.1, 0.15) is 86.8 Å². The maximum Gasteiger partial charge on any atom is 0.0938 e. The fraction of sp³-hybridized carbons (Fsp3) is 0.227. The number of rotatable bonds is 3. The summed E-state index contributed by atoms with van der Waals surface area (Å²) in [5, 5.41) is 4.22. The molecule has 0 bridgehead atoms. The van der Waals surface area contributed by atoms with Gasteiger partial charge in [-0.25, -0.2) is 0 Å². The second kappa shape index (κ2) is 9.93. The van der Waals surface area contributed by atoms with E-state index in [1.807, 2.05) is 0 Å². The van der Waals surface area contributed by atoms with Crippen molar-refractivity contribution in [3.63, 3.8) is 0 Å². The molecule has 0 spiro atoms. The van der Waals surface area contributed by atoms with Crippen LogP contribution in [0.4, 0.5) is 0 Å². The molecule has 4 aliphatic rings. The van der Waals surface area contributed by atoms with E-state index in [1.165, 1.54) is 84.4 Å². The zero-order valence-corrected chi connectivity index (χ0v) is 28.9. The molecule has 9 rings (SSSR count). The second-order valence-electron chi connectivity index (χ2n) is 14.7. The van der Waals surface area contributed by atoms with Gasteiger partial charge in [-0.05, 0) is 101 Å². The Morgan fingerprint density at radius 1 is 0.478 bits per heavy atom. The van der Waals surface area contributed by atoms with Crippen molar-refractivity contribution in [3.8, 4) is 22.3 Å². The van der Waals surface area contributed by atoms with Gasteiger partial charge in [0.15, 0.2) is 0 Å². The van der Waals surface area contributed by atoms with Gasteiger partial charge < -0.3 is 12.2 Å². The maximum atomic E-state index is 7.26. The topological polar surface area (TPSA) is 0 Å². The molecule has 226 valence electrons. The molecule has 0 saturated heterocycles. The Balaban J connectivity index is 1.28. The quantitative estimate of drug-likeness (QED) is 0.141. The van der Waals surface area contributed by atoms with E-state index in [4.69, 9.17) is 12.2 Å². The standard InChI is InChI=1S/C44H39PS/c1-43(2)37-20-12-10-16-31(37)33-24-22-28(26-39(33)43)41-35-18-8-9-19-36(35)42(45(41,46)30-14-6-5-7-15-30)29-23-25-34-32-17-11-13-21-38(32)44(3,4)40(34)27-29/h5-7,10-17,20-27H,8-9,18-19H2,1-4H3. The molecule has 2 heteroatoms. The summed E-state index contributed by atoms with van der Waals surface area (Å²) < 4.78 is 0. The highest BCUT2D eigenvalue weighted by Gasteiger charge is 2.49. The van der Waals surface area contributed by atoms with Gasteiger partial charge in [0.05, 0.1) is 15.9 Å². The van der Waals surface area contributed by atoms with Crippen LogP contribution in [0.25, 0.3) is 32.9 Å². The first kappa shape index (κ1) is 28.6. The highest BCUT2D eigenvalue weighted by Crippen LogP contribution is 2.82. The zero-order valence-electron chi connectivity index (χ0n) is 27.2. The van der Waals surface area contributed by atoms with Crippen LogP contribution in [-0.2, 0) is 23.1 Å². The normalized spacial score (nSPS) is 19.4. The van der Waals surface area contributed by atoms with Crippen molar-refractivity contribution in [1.29, 1.82) is 0 Å². The average molecular weight is 631 g/mol. The third kappa shape index (κ3) is 3.74. The van der Waals surface area contributed by atoms with Crippen molar-refractivity contribution in [2.75, 3.05) is 0 Å². The number of fused-ring (bicyclic) bond motifs is 7. The Bertz CT molecular complexity index is 2030. The molecular weight excluding hydrogens is 592 g/mol. The first-order valence-corrected chi connectivity index (χ1v) is 19.7. The largest absolute Gasteiger partial charge is 0.540 e. The molecule has 0 radical (unpaired) electrons. The minimum Gasteiger partial charge on any atom is -0.540 e. The van der Waals surface area contributed by atoms with Gasteiger partial charge in [-0.1, -0.05) is 119 Å². The Morgan fingerprint density at radius 2 is 0.891 bits per heavy atom. The Hall–Kier alpha value is -3.64. The molecule has 1 fully saturated rings. The summed E-state index contributed by atoms with van der Waals surface area (Å²) in [4.78, 5) is 0. The van der Waals surface area contributed by atoms with Gasteiger partial charge in [0.2, 0.25) is 0 Å². The van der Waals surface area contributed by atoms with E-state index in [1.54, 1.807) is 11.1 Å². The van der Waals surface area contributed by atoms with Crippen molar-refractivity contribution >= 4 is 34.6 Å². The van der Waals surface area contributed by atoms with Crippen molar-refractivity contribution in [3.05, 3.63) is 160 Å². The smallest absolute Gasteiger partial charge is 0.0938 e. The summed E-state index contributed by atoms with van der Waals surface area (Å²) in [7, 11) is 0. The molecule has 5 aromatic rings. The van der Waals surface area contributed by atoms with E-state index in [0.717, 1.165) is 12.8 Å². The molecule has 0 unspecified atom stereocenters. The van der Waals surface area contributed by atoms with E-state index in [0.29, 0.717) is 0 Å². The Kier molecular flexibility index (Phi) is 6.17. The van der Waals surface area contributed by atoms with Crippen LogP contribution < -0.4 is 5.30 Å². The molecule has 1 heterocycles. The molecule has 0 amide bonds. The van der Waals surface area contributed by atoms with Crippen molar-refractivity contribution in [2.45, 2.75) is 64.2 Å². The molecule has 1 saturated carbocycles. The van der Waals surface area contributed by atoms with Crippen LogP contribution in [0, 0.1) is 0 Å². The highest BCUT2D eigenvalue weighted by atomic mass is 32.7. The molecule has 0 aromatic heterocycles. The molecule has 1 aliphatic heterocycles. The van der Waals surface area contributed by atoms with Crippen molar-refractivity contribution < 1.29 is 0 Å². The first-order valence-electron chi connectivity index (χ1n) is 16.9. The van der Waals surface area contributed by atoms with Gasteiger partial charge in [-0.2, -0.15) is 0 Å². The zero-order chi connectivity index (χ0) is 31.4. The van der Waals surface area contributed by atoms with Crippen molar-refractivity contribution in [1.82, 2.24) is 0 Å². The van der Waals surface area contributed by atoms with E-state index >= 15 is 0 Å². The lowest BCUT2D eigenvalue weighted by atomic mass is 9.81. The van der Waals surface area contributed by atoms with Crippen LogP contribution in [0.15, 0.2) is 126 Å². The Morgan fingerprint density at radius 3 is 1.37 bits per heavy atom. The van der Waals surface area contributed by atoms with Gasteiger partial charge in [-0.3, -0.25) is 0 Å². The van der Waals surface area contributed by atoms with E-state index in [2.05, 4.69) is 143 Å². The summed E-state index contributed by atoms with van der Waals surface area (Å²) >= 11 is 7.26. The molecule has 0 atom stereocenters. The molecule has 3 aliphatic carbocycles. The Labute approximate surface area is 279 Å². The van der Waals surface area contributed by atoms with E-state index < -0.39 is 6.46 Å². The van der Waals surface area contributed by atoms with Crippen molar-refractivity contribution in [2.24, 2.45) is 0 Å². The van der Waals surface area contributed by atoms with Gasteiger partial charge in [0, 0.05) is 33.1 Å². The fourth-order valence-electron chi connectivity index (χ4n) is 9.23. The van der Waals surface area contributed by atoms with Crippen LogP contribution in [0.5, 0.6) is 0 Å². The first-order chi connectivity index (χ1) is 22.2. The third-order valence-electron chi connectivity index (χ3n) is 11.5. The SMILES string of the molecule is CC1(C)c2ccccc2-c2ccc(C3=C4CCCCC4=C(c4ccc5c(c4)C(C)(C)c4ccccc4-5)[P+]3([S-])c3ccccc3)cc21. The fourth-order valence-corrected chi connectivity index (χ4v) is 14.5. The number of benzene rings is 5. The van der Waals surface area contributed by atoms with Gasteiger partial charge in [0.25, 0.3) is 0 Å². The number of hydrogen-bond acceptors (Lipinski definition) is 1. The van der Waals surface area contributed by atoms with E-state index in [-0.39, 0.29) is 10.8 Å². The van der Waals surface area contributed by atoms with Crippen LogP contribution in [0.3, 0.4) is 0 Å². The monoisotopic (exact) mass is 630 g/mol. The molecule has 46 heavy (non-hydrogen) atoms. The summed E-state index contributed by atoms with van der Waals surface area (Å²) in [6.07, 6.45) is 4.69. The molecule has 0 N–H and O–H groups in total. The van der Waals surface area contributed by atoms with Gasteiger partial charge in [0.1, 0.15) is 0 Å². The lowest BCUT2D eigenvalue weighted by Gasteiger charge is -2.35. The molecule has 5 aromatic carbocycles. The van der Waals surface area contributed by atoms with Crippen LogP contribution in [-0.4, -0.2) is 0 Å². The average Bonchev–Trinajstić information content (AvgIpc) is 3.59. The highest BCUT2D eigenvalue weighted by molar-refractivity contribution is 8.53. The van der Waals surface area contributed by atoms with Crippen LogP contribution in [0.2, 0.25) is 0 Å². The number of allylic oxidation sites excluding steroid dienone is 2. The second-order valence-corrected chi connectivity index (χ2v) is 18.9. The third-order valence-corrected chi connectivity index (χ3v) is 16.6. The summed E-state index contributed by atoms with van der Waals surface area (Å²) in [5.74, 6) is 0. The minimum atomic E-state index is -2.38. The summed E-state index contributed by atoms with van der Waals surface area (Å²) in [5.41, 5.74) is 16.9. The van der Waals surface area contributed by atoms with Gasteiger partial charge >= 0.3 is 0 Å². The lowest BCUT2D eigenvalue weighted by Crippen LogP contribution is -2.16.